The molecule has 0 aromatic rings. The molecule has 1 N–H and O–H groups in total. The van der Waals surface area contributed by atoms with Crippen LogP contribution in [0.4, 0.5) is 4.79 Å². The minimum absolute atomic E-state index is 0.00391. The van der Waals surface area contributed by atoms with Crippen molar-refractivity contribution in [3.8, 4) is 0 Å². The normalized spacial score (nSPS) is 26.2. The van der Waals surface area contributed by atoms with Gasteiger partial charge in [-0.15, -0.1) is 11.8 Å². The molecule has 0 radical (unpaired) electrons. The number of rotatable bonds is 2. The van der Waals surface area contributed by atoms with Gasteiger partial charge in [-0.3, -0.25) is 4.79 Å². The molecule has 0 aromatic heterocycles. The van der Waals surface area contributed by atoms with Crippen LogP contribution in [0.2, 0.25) is 0 Å². The van der Waals surface area contributed by atoms with Gasteiger partial charge in [-0.05, 0) is 51.2 Å². The summed E-state index contributed by atoms with van der Waals surface area (Å²) in [7, 11) is 0. The molecule has 0 spiro atoms. The van der Waals surface area contributed by atoms with Crippen molar-refractivity contribution in [3.63, 3.8) is 0 Å². The van der Waals surface area contributed by atoms with Crippen molar-refractivity contribution < 1.29 is 14.3 Å². The van der Waals surface area contributed by atoms with E-state index in [-0.39, 0.29) is 18.0 Å². The fraction of sp³-hybridized carbons (Fsp3) is 0.500. The van der Waals surface area contributed by atoms with Crippen LogP contribution in [0.1, 0.15) is 33.6 Å². The standard InChI is InChI=1S/C20H24N4O3S/c1-19(2,3)27-18(26)24-10-7-13(8-11-24)21-17(25)20-14-5-4-6-16(20)28-12-9-15(20)23-22-14/h4-6,9,12-13H,7-8,10-11H2,1-3H3,(H,21,25). The van der Waals surface area contributed by atoms with Crippen LogP contribution in [-0.4, -0.2) is 53.1 Å². The van der Waals surface area contributed by atoms with Crippen LogP contribution in [-0.2, 0) is 9.53 Å². The first-order valence-electron chi connectivity index (χ1n) is 9.48. The summed E-state index contributed by atoms with van der Waals surface area (Å²) in [5.41, 5.74) is -0.0943. The van der Waals surface area contributed by atoms with E-state index in [4.69, 9.17) is 4.74 Å². The average Bonchev–Trinajstić information content (AvgIpc) is 3.02. The molecule has 0 saturated carbocycles. The third-order valence-electron chi connectivity index (χ3n) is 5.15. The number of allylic oxidation sites excluding steroid dienone is 4. The smallest absolute Gasteiger partial charge is 0.410 e. The molecule has 4 aliphatic rings. The Kier molecular flexibility index (Phi) is 4.69. The number of carbonyl (C=O) groups is 2. The maximum absolute atomic E-state index is 13.4. The second-order valence-electron chi connectivity index (χ2n) is 8.25. The van der Waals surface area contributed by atoms with Crippen LogP contribution in [0.15, 0.2) is 44.8 Å². The van der Waals surface area contributed by atoms with E-state index in [1.165, 1.54) is 11.8 Å². The third-order valence-corrected chi connectivity index (χ3v) is 6.12. The van der Waals surface area contributed by atoms with Crippen LogP contribution in [0.5, 0.6) is 0 Å². The molecular weight excluding hydrogens is 376 g/mol. The van der Waals surface area contributed by atoms with E-state index in [9.17, 15) is 9.59 Å². The number of hydrogen-bond donors (Lipinski definition) is 1. The Hall–Kier alpha value is -2.35. The Bertz CT molecular complexity index is 857. The van der Waals surface area contributed by atoms with Gasteiger partial charge in [0.1, 0.15) is 5.60 Å². The van der Waals surface area contributed by atoms with E-state index in [0.29, 0.717) is 37.4 Å². The van der Waals surface area contributed by atoms with Gasteiger partial charge >= 0.3 is 6.09 Å². The lowest BCUT2D eigenvalue weighted by Crippen LogP contribution is -2.56. The van der Waals surface area contributed by atoms with Gasteiger partial charge in [0.05, 0.1) is 11.4 Å². The van der Waals surface area contributed by atoms with Crippen molar-refractivity contribution >= 4 is 35.2 Å². The van der Waals surface area contributed by atoms with E-state index >= 15 is 0 Å². The summed E-state index contributed by atoms with van der Waals surface area (Å²) in [6.07, 6.45) is 8.67. The summed E-state index contributed by atoms with van der Waals surface area (Å²) in [5, 5.41) is 13.6. The van der Waals surface area contributed by atoms with E-state index < -0.39 is 11.0 Å². The number of carbonyl (C=O) groups excluding carboxylic acids is 2. The lowest BCUT2D eigenvalue weighted by Gasteiger charge is -2.38. The number of thioether (sulfide) groups is 1. The molecule has 3 heterocycles. The molecule has 4 rings (SSSR count). The van der Waals surface area contributed by atoms with Gasteiger partial charge in [0.2, 0.25) is 5.91 Å². The van der Waals surface area contributed by atoms with E-state index in [2.05, 4.69) is 15.5 Å². The number of hydrogen-bond acceptors (Lipinski definition) is 6. The predicted octanol–water partition coefficient (Wildman–Crippen LogP) is 3.01. The van der Waals surface area contributed by atoms with Gasteiger partial charge in [0.15, 0.2) is 5.41 Å². The minimum Gasteiger partial charge on any atom is -0.444 e. The molecule has 1 unspecified atom stereocenters. The molecule has 1 aliphatic carbocycles. The molecule has 1 fully saturated rings. The second kappa shape index (κ2) is 6.92. The first-order valence-corrected chi connectivity index (χ1v) is 10.4. The van der Waals surface area contributed by atoms with Crippen molar-refractivity contribution in [3.05, 3.63) is 34.6 Å². The highest BCUT2D eigenvalue weighted by Gasteiger charge is 2.55. The quantitative estimate of drug-likeness (QED) is 0.772. The highest BCUT2D eigenvalue weighted by molar-refractivity contribution is 8.06. The van der Waals surface area contributed by atoms with Gasteiger partial charge in [-0.1, -0.05) is 12.2 Å². The SMILES string of the molecule is CC(C)(C)OC(=O)N1CCC(NC(=O)C23C4=CC=CC2=NN=C3C=CS4)CC1. The van der Waals surface area contributed by atoms with Gasteiger partial charge in [0.25, 0.3) is 0 Å². The van der Waals surface area contributed by atoms with Crippen molar-refractivity contribution in [2.75, 3.05) is 13.1 Å². The zero-order valence-electron chi connectivity index (χ0n) is 16.3. The third kappa shape index (κ3) is 3.19. The van der Waals surface area contributed by atoms with Crippen molar-refractivity contribution in [1.82, 2.24) is 10.2 Å². The van der Waals surface area contributed by atoms with Crippen molar-refractivity contribution in [1.29, 1.82) is 0 Å². The molecular formula is C20H24N4O3S. The number of amides is 2. The topological polar surface area (TPSA) is 83.4 Å². The van der Waals surface area contributed by atoms with Crippen LogP contribution in [0.25, 0.3) is 0 Å². The van der Waals surface area contributed by atoms with E-state index in [1.807, 2.05) is 50.5 Å². The van der Waals surface area contributed by atoms with Crippen LogP contribution >= 0.6 is 11.8 Å². The van der Waals surface area contributed by atoms with Crippen molar-refractivity contribution in [2.45, 2.75) is 45.3 Å². The highest BCUT2D eigenvalue weighted by Crippen LogP contribution is 2.47. The lowest BCUT2D eigenvalue weighted by molar-refractivity contribution is -0.124. The monoisotopic (exact) mass is 400 g/mol. The molecule has 0 aromatic carbocycles. The molecule has 7 nitrogen and oxygen atoms in total. The van der Waals surface area contributed by atoms with Gasteiger partial charge in [-0.25, -0.2) is 4.79 Å². The molecule has 2 amide bonds. The maximum Gasteiger partial charge on any atom is 0.410 e. The number of nitrogens with zero attached hydrogens (tertiary/aromatic N) is 3. The fourth-order valence-electron chi connectivity index (χ4n) is 3.78. The Morgan fingerprint density at radius 2 is 1.89 bits per heavy atom. The molecule has 1 atom stereocenters. The molecule has 28 heavy (non-hydrogen) atoms. The summed E-state index contributed by atoms with van der Waals surface area (Å²) in [6, 6.07) is 0.00391. The fourth-order valence-corrected chi connectivity index (χ4v) is 4.76. The van der Waals surface area contributed by atoms with E-state index in [1.54, 1.807) is 4.90 Å². The van der Waals surface area contributed by atoms with Crippen LogP contribution in [0, 0.1) is 5.41 Å². The summed E-state index contributed by atoms with van der Waals surface area (Å²) in [4.78, 5) is 28.3. The first-order chi connectivity index (χ1) is 13.3. The molecule has 1 saturated heterocycles. The molecule has 0 bridgehead atoms. The average molecular weight is 401 g/mol. The van der Waals surface area contributed by atoms with Crippen molar-refractivity contribution in [2.24, 2.45) is 15.6 Å². The van der Waals surface area contributed by atoms with Crippen LogP contribution in [0.3, 0.4) is 0 Å². The number of ether oxygens (including phenoxy) is 1. The summed E-state index contributed by atoms with van der Waals surface area (Å²) >= 11 is 1.53. The highest BCUT2D eigenvalue weighted by atomic mass is 32.2. The second-order valence-corrected chi connectivity index (χ2v) is 9.19. The first kappa shape index (κ1) is 19.0. The van der Waals surface area contributed by atoms with Crippen LogP contribution < -0.4 is 5.32 Å². The number of nitrogens with one attached hydrogen (secondary N) is 1. The zero-order chi connectivity index (χ0) is 19.9. The van der Waals surface area contributed by atoms with Gasteiger partial charge in [0, 0.05) is 24.0 Å². The lowest BCUT2D eigenvalue weighted by atomic mass is 9.74. The summed E-state index contributed by atoms with van der Waals surface area (Å²) < 4.78 is 5.44. The predicted molar refractivity (Wildman–Crippen MR) is 110 cm³/mol. The Labute approximate surface area is 168 Å². The Morgan fingerprint density at radius 1 is 1.21 bits per heavy atom. The number of piperidine rings is 1. The van der Waals surface area contributed by atoms with Gasteiger partial charge in [-0.2, -0.15) is 10.2 Å². The van der Waals surface area contributed by atoms with Gasteiger partial charge < -0.3 is 15.0 Å². The molecule has 8 heteroatoms. The summed E-state index contributed by atoms with van der Waals surface area (Å²) in [6.45, 7) is 6.70. The largest absolute Gasteiger partial charge is 0.444 e. The summed E-state index contributed by atoms with van der Waals surface area (Å²) in [5.74, 6) is -0.0920. The number of likely N-dealkylation sites (tertiary alicyclic amines) is 1. The van der Waals surface area contributed by atoms with E-state index in [0.717, 1.165) is 4.91 Å². The Balaban J connectivity index is 1.42. The Morgan fingerprint density at radius 3 is 2.57 bits per heavy atom. The molecule has 3 aliphatic heterocycles. The molecule has 148 valence electrons. The zero-order valence-corrected chi connectivity index (χ0v) is 17.1. The minimum atomic E-state index is -0.920. The maximum atomic E-state index is 13.4.